The number of hydrogen-bond acceptors (Lipinski definition) is 2. The summed E-state index contributed by atoms with van der Waals surface area (Å²) in [6, 6.07) is 55.9. The molecule has 10 aromatic rings. The Bertz CT molecular complexity index is 2790. The van der Waals surface area contributed by atoms with E-state index in [0.717, 1.165) is 38.9 Å². The molecule has 0 aliphatic carbocycles. The maximum Gasteiger partial charge on any atom is 0.235 e. The van der Waals surface area contributed by atoms with Crippen LogP contribution in [0.2, 0.25) is 0 Å². The normalized spacial score (nSPS) is 11.9. The van der Waals surface area contributed by atoms with Crippen LogP contribution in [-0.2, 0) is 0 Å². The Morgan fingerprint density at radius 2 is 1.04 bits per heavy atom. The number of nitrogens with zero attached hydrogens (tertiary/aromatic N) is 4. The van der Waals surface area contributed by atoms with E-state index in [1.165, 1.54) is 43.4 Å². The van der Waals surface area contributed by atoms with Gasteiger partial charge in [-0.05, 0) is 35.7 Å². The van der Waals surface area contributed by atoms with E-state index in [9.17, 15) is 0 Å². The van der Waals surface area contributed by atoms with Gasteiger partial charge < -0.3 is 4.57 Å². The van der Waals surface area contributed by atoms with E-state index >= 15 is 0 Å². The molecule has 0 aliphatic rings. The number of fused-ring (bicyclic) bond motifs is 10. The van der Waals surface area contributed by atoms with Crippen molar-refractivity contribution in [3.05, 3.63) is 158 Å². The average Bonchev–Trinajstić information content (AvgIpc) is 3.65. The van der Waals surface area contributed by atoms with Crippen LogP contribution >= 0.6 is 0 Å². The second-order valence-corrected chi connectivity index (χ2v) is 11.8. The van der Waals surface area contributed by atoms with Gasteiger partial charge in [-0.2, -0.15) is 0 Å². The van der Waals surface area contributed by atoms with Crippen LogP contribution in [0.3, 0.4) is 0 Å². The molecule has 0 N–H and O–H groups in total. The van der Waals surface area contributed by atoms with Crippen molar-refractivity contribution in [2.24, 2.45) is 0 Å². The highest BCUT2D eigenvalue weighted by Crippen LogP contribution is 2.43. The number of aromatic nitrogens is 4. The van der Waals surface area contributed by atoms with Crippen LogP contribution in [0.15, 0.2) is 158 Å². The second kappa shape index (κ2) is 9.62. The first-order valence-corrected chi connectivity index (χ1v) is 15.6. The number of benzene rings is 7. The lowest BCUT2D eigenvalue weighted by Crippen LogP contribution is -2.03. The van der Waals surface area contributed by atoms with Gasteiger partial charge >= 0.3 is 0 Å². The molecule has 0 aliphatic heterocycles. The molecule has 10 rings (SSSR count). The summed E-state index contributed by atoms with van der Waals surface area (Å²) in [6.07, 6.45) is 0. The largest absolute Gasteiger partial charge is 0.308 e. The summed E-state index contributed by atoms with van der Waals surface area (Å²) in [6.45, 7) is 0. The molecule has 214 valence electrons. The van der Waals surface area contributed by atoms with Gasteiger partial charge in [0.05, 0.1) is 33.3 Å². The molecule has 3 aromatic heterocycles. The van der Waals surface area contributed by atoms with Crippen molar-refractivity contribution < 1.29 is 0 Å². The Labute approximate surface area is 264 Å². The predicted molar refractivity (Wildman–Crippen MR) is 191 cm³/mol. The minimum atomic E-state index is 0.663. The van der Waals surface area contributed by atoms with Gasteiger partial charge in [0.25, 0.3) is 0 Å². The highest BCUT2D eigenvalue weighted by atomic mass is 15.2. The zero-order chi connectivity index (χ0) is 30.2. The third-order valence-corrected chi connectivity index (χ3v) is 9.30. The molecule has 3 heterocycles. The van der Waals surface area contributed by atoms with E-state index in [0.29, 0.717) is 5.95 Å². The van der Waals surface area contributed by atoms with Crippen molar-refractivity contribution >= 4 is 65.3 Å². The van der Waals surface area contributed by atoms with Crippen LogP contribution in [0.5, 0.6) is 0 Å². The summed E-state index contributed by atoms with van der Waals surface area (Å²) >= 11 is 0. The van der Waals surface area contributed by atoms with Crippen LogP contribution in [0.25, 0.3) is 88.2 Å². The molecule has 46 heavy (non-hydrogen) atoms. The van der Waals surface area contributed by atoms with Crippen molar-refractivity contribution in [2.45, 2.75) is 0 Å². The van der Waals surface area contributed by atoms with Crippen molar-refractivity contribution in [3.8, 4) is 22.9 Å². The highest BCUT2D eigenvalue weighted by Gasteiger charge is 2.23. The van der Waals surface area contributed by atoms with Crippen LogP contribution in [0.1, 0.15) is 0 Å². The van der Waals surface area contributed by atoms with Crippen LogP contribution in [0.4, 0.5) is 0 Å². The highest BCUT2D eigenvalue weighted by molar-refractivity contribution is 6.28. The third-order valence-electron chi connectivity index (χ3n) is 9.30. The van der Waals surface area contributed by atoms with E-state index in [2.05, 4.69) is 155 Å². The minimum absolute atomic E-state index is 0.663. The Morgan fingerprint density at radius 1 is 0.391 bits per heavy atom. The SMILES string of the molecule is c1ccc(-c2nc(-n3c4ccccc4c4c3ccc3c5ccc6ccccc6c5n(-c5ccccc5)c34)nc3ccccc23)cc1. The lowest BCUT2D eigenvalue weighted by Gasteiger charge is -2.12. The predicted octanol–water partition coefficient (Wildman–Crippen LogP) is 10.6. The first kappa shape index (κ1) is 25.1. The standard InChI is InChI=1S/C42H26N4/c1-3-14-28(15-4-1)39-33-19-9-11-21-35(33)43-42(44-39)46-36-22-12-10-20-34(36)38-37(46)26-25-32-31-24-23-27-13-7-8-18-30(27)40(31)45(41(32)38)29-16-5-2-6-17-29/h1-26H. The second-order valence-electron chi connectivity index (χ2n) is 11.8. The summed E-state index contributed by atoms with van der Waals surface area (Å²) in [5, 5.41) is 8.33. The molecule has 0 saturated heterocycles. The average molecular weight is 587 g/mol. The molecule has 0 fully saturated rings. The number of hydrogen-bond donors (Lipinski definition) is 0. The molecule has 4 heteroatoms. The Balaban J connectivity index is 1.40. The molecule has 0 amide bonds. The molecule has 0 unspecified atom stereocenters. The maximum absolute atomic E-state index is 5.30. The van der Waals surface area contributed by atoms with E-state index < -0.39 is 0 Å². The fraction of sp³-hybridized carbons (Fsp3) is 0. The molecule has 0 saturated carbocycles. The first-order chi connectivity index (χ1) is 22.8. The van der Waals surface area contributed by atoms with Gasteiger partial charge in [0.1, 0.15) is 0 Å². The van der Waals surface area contributed by atoms with Crippen molar-refractivity contribution in [1.82, 2.24) is 19.1 Å². The summed E-state index contributed by atoms with van der Waals surface area (Å²) in [5.74, 6) is 0.663. The van der Waals surface area contributed by atoms with Gasteiger partial charge in [-0.3, -0.25) is 4.57 Å². The molecule has 7 aromatic carbocycles. The van der Waals surface area contributed by atoms with Gasteiger partial charge in [0.15, 0.2) is 0 Å². The molecule has 0 atom stereocenters. The molecule has 4 nitrogen and oxygen atoms in total. The van der Waals surface area contributed by atoms with Crippen molar-refractivity contribution in [3.63, 3.8) is 0 Å². The Kier molecular flexibility index (Phi) is 5.25. The van der Waals surface area contributed by atoms with Gasteiger partial charge in [-0.15, -0.1) is 0 Å². The fourth-order valence-electron chi connectivity index (χ4n) is 7.35. The van der Waals surface area contributed by atoms with Crippen LogP contribution in [-0.4, -0.2) is 19.1 Å². The first-order valence-electron chi connectivity index (χ1n) is 15.6. The Hall–Kier alpha value is -6.26. The van der Waals surface area contributed by atoms with Crippen molar-refractivity contribution in [2.75, 3.05) is 0 Å². The van der Waals surface area contributed by atoms with E-state index in [-0.39, 0.29) is 0 Å². The summed E-state index contributed by atoms with van der Waals surface area (Å²) in [5.41, 5.74) is 8.62. The van der Waals surface area contributed by atoms with Crippen LogP contribution in [0, 0.1) is 0 Å². The maximum atomic E-state index is 5.30. The van der Waals surface area contributed by atoms with Gasteiger partial charge in [0, 0.05) is 43.6 Å². The zero-order valence-corrected chi connectivity index (χ0v) is 24.8. The minimum Gasteiger partial charge on any atom is -0.308 e. The van der Waals surface area contributed by atoms with Crippen molar-refractivity contribution in [1.29, 1.82) is 0 Å². The van der Waals surface area contributed by atoms with E-state index in [1.807, 2.05) is 12.1 Å². The molecule has 0 spiro atoms. The lowest BCUT2D eigenvalue weighted by atomic mass is 10.0. The van der Waals surface area contributed by atoms with E-state index in [4.69, 9.17) is 9.97 Å². The summed E-state index contributed by atoms with van der Waals surface area (Å²) < 4.78 is 4.71. The lowest BCUT2D eigenvalue weighted by molar-refractivity contribution is 1.01. The topological polar surface area (TPSA) is 35.6 Å². The van der Waals surface area contributed by atoms with Gasteiger partial charge in [-0.25, -0.2) is 9.97 Å². The third kappa shape index (κ3) is 3.49. The summed E-state index contributed by atoms with van der Waals surface area (Å²) in [4.78, 5) is 10.5. The Morgan fingerprint density at radius 3 is 1.89 bits per heavy atom. The van der Waals surface area contributed by atoms with Crippen LogP contribution < -0.4 is 0 Å². The quantitative estimate of drug-likeness (QED) is 0.206. The number of para-hydroxylation sites is 3. The molecule has 0 bridgehead atoms. The fourth-order valence-corrected chi connectivity index (χ4v) is 7.35. The molecular weight excluding hydrogens is 560 g/mol. The monoisotopic (exact) mass is 586 g/mol. The van der Waals surface area contributed by atoms with Gasteiger partial charge in [-0.1, -0.05) is 127 Å². The summed E-state index contributed by atoms with van der Waals surface area (Å²) in [7, 11) is 0. The van der Waals surface area contributed by atoms with Gasteiger partial charge in [0.2, 0.25) is 5.95 Å². The smallest absolute Gasteiger partial charge is 0.235 e. The number of rotatable bonds is 3. The zero-order valence-electron chi connectivity index (χ0n) is 24.8. The van der Waals surface area contributed by atoms with E-state index in [1.54, 1.807) is 0 Å². The molecular formula is C42H26N4. The molecule has 0 radical (unpaired) electrons.